The second kappa shape index (κ2) is 6.72. The summed E-state index contributed by atoms with van der Waals surface area (Å²) in [7, 11) is 0. The van der Waals surface area contributed by atoms with E-state index < -0.39 is 0 Å². The Bertz CT molecular complexity index is 1070. The predicted molar refractivity (Wildman–Crippen MR) is 108 cm³/mol. The normalized spacial score (nSPS) is 13.0. The van der Waals surface area contributed by atoms with Gasteiger partial charge >= 0.3 is 0 Å². The third kappa shape index (κ3) is 2.89. The van der Waals surface area contributed by atoms with Crippen molar-refractivity contribution in [1.82, 2.24) is 9.78 Å². The molecule has 4 heteroatoms. The van der Waals surface area contributed by atoms with E-state index in [9.17, 15) is 0 Å². The lowest BCUT2D eigenvalue weighted by Crippen LogP contribution is -2.02. The van der Waals surface area contributed by atoms with Crippen LogP contribution >= 0.6 is 0 Å². The van der Waals surface area contributed by atoms with Crippen molar-refractivity contribution in [3.05, 3.63) is 90.1 Å². The molecule has 27 heavy (non-hydrogen) atoms. The Kier molecular flexibility index (Phi) is 3.94. The second-order valence-corrected chi connectivity index (χ2v) is 6.61. The lowest BCUT2D eigenvalue weighted by molar-refractivity contribution is 0.314. The zero-order chi connectivity index (χ0) is 18.1. The highest BCUT2D eigenvalue weighted by atomic mass is 16.5. The molecule has 0 N–H and O–H groups in total. The predicted octanol–water partition coefficient (Wildman–Crippen LogP) is 4.99. The van der Waals surface area contributed by atoms with Gasteiger partial charge in [0.25, 0.3) is 0 Å². The lowest BCUT2D eigenvalue weighted by atomic mass is 10.0. The van der Waals surface area contributed by atoms with Gasteiger partial charge in [-0.25, -0.2) is 4.99 Å². The molecule has 0 saturated carbocycles. The van der Waals surface area contributed by atoms with Gasteiger partial charge in [0.05, 0.1) is 24.2 Å². The van der Waals surface area contributed by atoms with Crippen LogP contribution in [-0.2, 0) is 6.54 Å². The molecule has 2 heterocycles. The fourth-order valence-corrected chi connectivity index (χ4v) is 3.54. The van der Waals surface area contributed by atoms with Crippen molar-refractivity contribution in [1.29, 1.82) is 0 Å². The first-order chi connectivity index (χ1) is 13.4. The summed E-state index contributed by atoms with van der Waals surface area (Å²) in [6, 6.07) is 24.6. The summed E-state index contributed by atoms with van der Waals surface area (Å²) in [6.45, 7) is 1.59. The van der Waals surface area contributed by atoms with Crippen molar-refractivity contribution in [2.75, 3.05) is 6.61 Å². The standard InChI is InChI=1S/C23H19N3O/c1-3-8-17(9-4-1)22(18-10-5-2-6-11-18)25-20-12-13-21-23-19(20)16-24-26(23)14-7-15-27-21/h1-6,8-13,16H,7,14-15H2. The van der Waals surface area contributed by atoms with E-state index in [1.807, 2.05) is 59.4 Å². The first-order valence-electron chi connectivity index (χ1n) is 9.21. The molecular formula is C23H19N3O. The number of aromatic nitrogens is 2. The van der Waals surface area contributed by atoms with Crippen molar-refractivity contribution in [3.8, 4) is 5.75 Å². The van der Waals surface area contributed by atoms with E-state index in [1.165, 1.54) is 0 Å². The molecule has 3 aromatic carbocycles. The molecule has 0 saturated heterocycles. The van der Waals surface area contributed by atoms with Crippen LogP contribution in [0.5, 0.6) is 5.75 Å². The van der Waals surface area contributed by atoms with Gasteiger partial charge in [-0.3, -0.25) is 4.68 Å². The maximum absolute atomic E-state index is 5.90. The van der Waals surface area contributed by atoms with Gasteiger partial charge in [-0.15, -0.1) is 0 Å². The highest BCUT2D eigenvalue weighted by Crippen LogP contribution is 2.35. The summed E-state index contributed by atoms with van der Waals surface area (Å²) >= 11 is 0. The molecule has 1 aromatic heterocycles. The Morgan fingerprint density at radius 3 is 2.30 bits per heavy atom. The molecule has 4 nitrogen and oxygen atoms in total. The van der Waals surface area contributed by atoms with Crippen LogP contribution in [0.15, 0.2) is 84.0 Å². The minimum atomic E-state index is 0.723. The number of aryl methyl sites for hydroxylation is 1. The largest absolute Gasteiger partial charge is 0.491 e. The molecule has 5 rings (SSSR count). The van der Waals surface area contributed by atoms with Crippen molar-refractivity contribution in [2.24, 2.45) is 4.99 Å². The number of aliphatic imine (C=N–C) groups is 1. The number of benzene rings is 3. The molecule has 0 amide bonds. The Morgan fingerprint density at radius 1 is 0.889 bits per heavy atom. The number of ether oxygens (including phenoxy) is 1. The number of rotatable bonds is 3. The topological polar surface area (TPSA) is 39.4 Å². The maximum Gasteiger partial charge on any atom is 0.145 e. The molecule has 0 bridgehead atoms. The molecule has 1 aliphatic rings. The molecule has 0 atom stereocenters. The average Bonchev–Trinajstić information content (AvgIpc) is 3.05. The van der Waals surface area contributed by atoms with Gasteiger partial charge in [-0.2, -0.15) is 5.10 Å². The second-order valence-electron chi connectivity index (χ2n) is 6.61. The fourth-order valence-electron chi connectivity index (χ4n) is 3.54. The van der Waals surface area contributed by atoms with E-state index in [2.05, 4.69) is 29.4 Å². The zero-order valence-corrected chi connectivity index (χ0v) is 14.9. The number of hydrogen-bond donors (Lipinski definition) is 0. The van der Waals surface area contributed by atoms with Gasteiger partial charge in [0.1, 0.15) is 11.3 Å². The average molecular weight is 353 g/mol. The van der Waals surface area contributed by atoms with Crippen molar-refractivity contribution < 1.29 is 4.74 Å². The van der Waals surface area contributed by atoms with Gasteiger partial charge in [-0.05, 0) is 12.1 Å². The summed E-state index contributed by atoms with van der Waals surface area (Å²) in [4.78, 5) is 5.08. The Hall–Kier alpha value is -3.40. The summed E-state index contributed by atoms with van der Waals surface area (Å²) in [5.41, 5.74) is 5.08. The Balaban J connectivity index is 1.72. The van der Waals surface area contributed by atoms with Crippen molar-refractivity contribution in [2.45, 2.75) is 13.0 Å². The van der Waals surface area contributed by atoms with Crippen LogP contribution in [-0.4, -0.2) is 22.1 Å². The number of hydrogen-bond acceptors (Lipinski definition) is 3. The van der Waals surface area contributed by atoms with E-state index in [4.69, 9.17) is 9.73 Å². The molecule has 0 radical (unpaired) electrons. The van der Waals surface area contributed by atoms with Gasteiger partial charge in [0.2, 0.25) is 0 Å². The smallest absolute Gasteiger partial charge is 0.145 e. The van der Waals surface area contributed by atoms with Gasteiger partial charge in [0.15, 0.2) is 0 Å². The Labute approximate surface area is 157 Å². The summed E-state index contributed by atoms with van der Waals surface area (Å²) in [6.07, 6.45) is 2.86. The quantitative estimate of drug-likeness (QED) is 0.487. The highest BCUT2D eigenvalue weighted by Gasteiger charge is 2.16. The summed E-state index contributed by atoms with van der Waals surface area (Å²) in [5.74, 6) is 0.889. The SMILES string of the molecule is c1ccc(C(=Nc2ccc3c4c2cnn4CCCO3)c2ccccc2)cc1. The molecule has 0 aliphatic carbocycles. The molecular weight excluding hydrogens is 334 g/mol. The van der Waals surface area contributed by atoms with Crippen molar-refractivity contribution >= 4 is 22.3 Å². The monoisotopic (exact) mass is 353 g/mol. The molecule has 0 fully saturated rings. The van der Waals surface area contributed by atoms with Gasteiger partial charge in [-0.1, -0.05) is 60.7 Å². The van der Waals surface area contributed by atoms with Gasteiger partial charge in [0, 0.05) is 29.5 Å². The molecule has 132 valence electrons. The Morgan fingerprint density at radius 2 is 1.59 bits per heavy atom. The third-order valence-corrected chi connectivity index (χ3v) is 4.84. The van der Waals surface area contributed by atoms with Crippen LogP contribution in [0, 0.1) is 0 Å². The van der Waals surface area contributed by atoms with Gasteiger partial charge < -0.3 is 4.74 Å². The van der Waals surface area contributed by atoms with E-state index in [0.717, 1.165) is 58.8 Å². The third-order valence-electron chi connectivity index (χ3n) is 4.84. The summed E-state index contributed by atoms with van der Waals surface area (Å²) in [5, 5.41) is 5.59. The maximum atomic E-state index is 5.90. The van der Waals surface area contributed by atoms with E-state index >= 15 is 0 Å². The molecule has 0 spiro atoms. The van der Waals surface area contributed by atoms with Crippen LogP contribution in [0.2, 0.25) is 0 Å². The van der Waals surface area contributed by atoms with E-state index in [1.54, 1.807) is 0 Å². The van der Waals surface area contributed by atoms with Crippen LogP contribution in [0.25, 0.3) is 10.9 Å². The van der Waals surface area contributed by atoms with E-state index in [-0.39, 0.29) is 0 Å². The summed E-state index contributed by atoms with van der Waals surface area (Å²) < 4.78 is 7.93. The molecule has 1 aliphatic heterocycles. The number of nitrogens with zero attached hydrogens (tertiary/aromatic N) is 3. The lowest BCUT2D eigenvalue weighted by Gasteiger charge is -2.09. The first kappa shape index (κ1) is 15.8. The zero-order valence-electron chi connectivity index (χ0n) is 14.9. The fraction of sp³-hybridized carbons (Fsp3) is 0.130. The minimum absolute atomic E-state index is 0.723. The highest BCUT2D eigenvalue weighted by molar-refractivity contribution is 6.15. The van der Waals surface area contributed by atoms with Crippen molar-refractivity contribution in [3.63, 3.8) is 0 Å². The minimum Gasteiger partial charge on any atom is -0.491 e. The van der Waals surface area contributed by atoms with Crippen LogP contribution < -0.4 is 4.74 Å². The first-order valence-corrected chi connectivity index (χ1v) is 9.21. The van der Waals surface area contributed by atoms with Crippen LogP contribution in [0.1, 0.15) is 17.5 Å². The van der Waals surface area contributed by atoms with Crippen LogP contribution in [0.4, 0.5) is 5.69 Å². The molecule has 4 aromatic rings. The van der Waals surface area contributed by atoms with E-state index in [0.29, 0.717) is 0 Å². The van der Waals surface area contributed by atoms with Crippen LogP contribution in [0.3, 0.4) is 0 Å². The molecule has 0 unspecified atom stereocenters.